The van der Waals surface area contributed by atoms with E-state index in [1.165, 1.54) is 32.1 Å². The highest BCUT2D eigenvalue weighted by Gasteiger charge is 2.18. The van der Waals surface area contributed by atoms with Gasteiger partial charge in [-0.2, -0.15) is 5.10 Å². The van der Waals surface area contributed by atoms with Gasteiger partial charge in [0, 0.05) is 30.1 Å². The van der Waals surface area contributed by atoms with Crippen molar-refractivity contribution in [2.24, 2.45) is 0 Å². The number of aromatic nitrogens is 3. The normalized spacial score (nSPS) is 15.8. The van der Waals surface area contributed by atoms with Crippen LogP contribution in [-0.4, -0.2) is 21.1 Å². The van der Waals surface area contributed by atoms with Gasteiger partial charge in [-0.25, -0.2) is 0 Å². The molecule has 0 bridgehead atoms. The molecule has 0 spiro atoms. The lowest BCUT2D eigenvalue weighted by Crippen LogP contribution is -2.14. The molecule has 0 atom stereocenters. The molecule has 0 radical (unpaired) electrons. The number of nitrogens with zero attached hydrogens (tertiary/aromatic N) is 2. The molecular formula is C16H20N4O. The Hall–Kier alpha value is -2.17. The first-order valence-corrected chi connectivity index (χ1v) is 7.55. The first-order valence-electron chi connectivity index (χ1n) is 7.55. The van der Waals surface area contributed by atoms with Crippen molar-refractivity contribution in [1.82, 2.24) is 15.2 Å². The lowest BCUT2D eigenvalue weighted by Gasteiger charge is -2.19. The number of anilines is 1. The third-order valence-corrected chi connectivity index (χ3v) is 4.00. The predicted octanol–water partition coefficient (Wildman–Crippen LogP) is 3.03. The average molecular weight is 284 g/mol. The largest absolute Gasteiger partial charge is 0.309 e. The van der Waals surface area contributed by atoms with Crippen LogP contribution in [0.25, 0.3) is 0 Å². The zero-order valence-corrected chi connectivity index (χ0v) is 12.0. The van der Waals surface area contributed by atoms with Gasteiger partial charge in [0.25, 0.3) is 0 Å². The van der Waals surface area contributed by atoms with Crippen molar-refractivity contribution >= 4 is 11.7 Å². The molecule has 1 fully saturated rings. The minimum atomic E-state index is -0.0651. The minimum Gasteiger partial charge on any atom is -0.309 e. The van der Waals surface area contributed by atoms with Gasteiger partial charge in [0.15, 0.2) is 5.82 Å². The molecule has 2 aromatic heterocycles. The van der Waals surface area contributed by atoms with Gasteiger partial charge in [0.2, 0.25) is 5.91 Å². The van der Waals surface area contributed by atoms with E-state index in [0.29, 0.717) is 18.2 Å². The summed E-state index contributed by atoms with van der Waals surface area (Å²) in [5, 5.41) is 10.1. The van der Waals surface area contributed by atoms with Gasteiger partial charge in [-0.3, -0.25) is 14.9 Å². The monoisotopic (exact) mass is 284 g/mol. The van der Waals surface area contributed by atoms with E-state index in [-0.39, 0.29) is 5.91 Å². The van der Waals surface area contributed by atoms with Crippen molar-refractivity contribution in [2.45, 2.75) is 44.4 Å². The lowest BCUT2D eigenvalue weighted by molar-refractivity contribution is -0.115. The van der Waals surface area contributed by atoms with Crippen LogP contribution >= 0.6 is 0 Å². The molecule has 3 rings (SSSR count). The molecule has 5 heteroatoms. The smallest absolute Gasteiger partial charge is 0.230 e. The number of pyridine rings is 1. The number of H-pyrrole nitrogens is 1. The van der Waals surface area contributed by atoms with Crippen molar-refractivity contribution in [3.8, 4) is 0 Å². The van der Waals surface area contributed by atoms with Gasteiger partial charge in [0.05, 0.1) is 6.42 Å². The number of nitrogens with one attached hydrogen (secondary N) is 2. The number of rotatable bonds is 4. The summed E-state index contributed by atoms with van der Waals surface area (Å²) in [6, 6.07) is 5.69. The summed E-state index contributed by atoms with van der Waals surface area (Å²) in [6.45, 7) is 0. The Morgan fingerprint density at radius 1 is 1.33 bits per heavy atom. The fraction of sp³-hybridized carbons (Fsp3) is 0.438. The van der Waals surface area contributed by atoms with E-state index in [1.54, 1.807) is 12.4 Å². The molecule has 110 valence electrons. The van der Waals surface area contributed by atoms with Crippen molar-refractivity contribution in [1.29, 1.82) is 0 Å². The number of carbonyl (C=O) groups excluding carboxylic acids is 1. The highest BCUT2D eigenvalue weighted by Crippen LogP contribution is 2.32. The number of amides is 1. The van der Waals surface area contributed by atoms with Crippen LogP contribution < -0.4 is 5.32 Å². The van der Waals surface area contributed by atoms with Crippen LogP contribution in [0.3, 0.4) is 0 Å². The Balaban J connectivity index is 1.57. The number of aromatic amines is 1. The second-order valence-electron chi connectivity index (χ2n) is 5.63. The van der Waals surface area contributed by atoms with E-state index in [2.05, 4.69) is 20.5 Å². The molecule has 21 heavy (non-hydrogen) atoms. The molecule has 0 unspecified atom stereocenters. The number of hydrogen-bond acceptors (Lipinski definition) is 3. The molecule has 2 aromatic rings. The second-order valence-corrected chi connectivity index (χ2v) is 5.63. The molecule has 2 N–H and O–H groups in total. The van der Waals surface area contributed by atoms with Crippen LogP contribution in [0, 0.1) is 0 Å². The molecule has 2 heterocycles. The van der Waals surface area contributed by atoms with Crippen LogP contribution in [0.4, 0.5) is 5.82 Å². The quantitative estimate of drug-likeness (QED) is 0.906. The van der Waals surface area contributed by atoms with Crippen LogP contribution in [0.2, 0.25) is 0 Å². The van der Waals surface area contributed by atoms with E-state index in [1.807, 2.05) is 18.2 Å². The van der Waals surface area contributed by atoms with Crippen LogP contribution in [0.5, 0.6) is 0 Å². The van der Waals surface area contributed by atoms with Gasteiger partial charge in [-0.1, -0.05) is 25.3 Å². The third-order valence-electron chi connectivity index (χ3n) is 4.00. The van der Waals surface area contributed by atoms with Gasteiger partial charge in [-0.05, 0) is 24.5 Å². The fourth-order valence-corrected chi connectivity index (χ4v) is 2.90. The standard InChI is InChI=1S/C16H20N4O/c21-16(9-12-5-4-8-17-11-12)18-15-10-14(19-20-15)13-6-2-1-3-7-13/h4-5,8,10-11,13H,1-3,6-7,9H2,(H2,18,19,20,21). The molecule has 0 aliphatic heterocycles. The summed E-state index contributed by atoms with van der Waals surface area (Å²) in [5.41, 5.74) is 2.05. The number of carbonyl (C=O) groups is 1. The van der Waals surface area contributed by atoms with Crippen LogP contribution in [0.15, 0.2) is 30.6 Å². The topological polar surface area (TPSA) is 70.7 Å². The second kappa shape index (κ2) is 6.52. The molecule has 5 nitrogen and oxygen atoms in total. The molecule has 1 amide bonds. The molecule has 0 saturated heterocycles. The zero-order valence-electron chi connectivity index (χ0n) is 12.0. The van der Waals surface area contributed by atoms with Crippen LogP contribution in [0.1, 0.15) is 49.3 Å². The highest BCUT2D eigenvalue weighted by molar-refractivity contribution is 5.91. The lowest BCUT2D eigenvalue weighted by atomic mass is 9.87. The Morgan fingerprint density at radius 2 is 2.19 bits per heavy atom. The van der Waals surface area contributed by atoms with Crippen LogP contribution in [-0.2, 0) is 11.2 Å². The Bertz CT molecular complexity index is 587. The Kier molecular flexibility index (Phi) is 4.28. The predicted molar refractivity (Wildman–Crippen MR) is 81.0 cm³/mol. The van der Waals surface area contributed by atoms with Gasteiger partial charge in [0.1, 0.15) is 0 Å². The maximum atomic E-state index is 12.0. The van der Waals surface area contributed by atoms with Crippen molar-refractivity contribution in [3.63, 3.8) is 0 Å². The molecule has 1 saturated carbocycles. The van der Waals surface area contributed by atoms with Crippen molar-refractivity contribution in [2.75, 3.05) is 5.32 Å². The fourth-order valence-electron chi connectivity index (χ4n) is 2.90. The van der Waals surface area contributed by atoms with Gasteiger partial charge >= 0.3 is 0 Å². The summed E-state index contributed by atoms with van der Waals surface area (Å²) in [4.78, 5) is 16.0. The first-order chi connectivity index (χ1) is 10.3. The summed E-state index contributed by atoms with van der Waals surface area (Å²) in [7, 11) is 0. The highest BCUT2D eigenvalue weighted by atomic mass is 16.1. The minimum absolute atomic E-state index is 0.0651. The SMILES string of the molecule is O=C(Cc1cccnc1)Nc1cc(C2CCCCC2)[nH]n1. The van der Waals surface area contributed by atoms with E-state index < -0.39 is 0 Å². The maximum absolute atomic E-state index is 12.0. The summed E-state index contributed by atoms with van der Waals surface area (Å²) in [6.07, 6.45) is 10.1. The molecule has 1 aliphatic rings. The Labute approximate surface area is 124 Å². The summed E-state index contributed by atoms with van der Waals surface area (Å²) < 4.78 is 0. The maximum Gasteiger partial charge on any atom is 0.230 e. The summed E-state index contributed by atoms with van der Waals surface area (Å²) in [5.74, 6) is 1.12. The van der Waals surface area contributed by atoms with E-state index in [9.17, 15) is 4.79 Å². The Morgan fingerprint density at radius 3 is 2.95 bits per heavy atom. The van der Waals surface area contributed by atoms with E-state index >= 15 is 0 Å². The van der Waals surface area contributed by atoms with Crippen molar-refractivity contribution in [3.05, 3.63) is 41.9 Å². The molecule has 0 aromatic carbocycles. The van der Waals surface area contributed by atoms with Gasteiger partial charge in [-0.15, -0.1) is 0 Å². The van der Waals surface area contributed by atoms with Gasteiger partial charge < -0.3 is 5.32 Å². The van der Waals surface area contributed by atoms with E-state index in [0.717, 1.165) is 11.3 Å². The number of hydrogen-bond donors (Lipinski definition) is 2. The summed E-state index contributed by atoms with van der Waals surface area (Å²) >= 11 is 0. The van der Waals surface area contributed by atoms with Crippen molar-refractivity contribution < 1.29 is 4.79 Å². The molecular weight excluding hydrogens is 264 g/mol. The molecule has 1 aliphatic carbocycles. The third kappa shape index (κ3) is 3.68. The van der Waals surface area contributed by atoms with E-state index in [4.69, 9.17) is 0 Å². The average Bonchev–Trinajstić information content (AvgIpc) is 2.97. The zero-order chi connectivity index (χ0) is 14.5. The first kappa shape index (κ1) is 13.8.